The fourth-order valence-electron chi connectivity index (χ4n) is 2.19. The van der Waals surface area contributed by atoms with Crippen molar-refractivity contribution in [3.63, 3.8) is 0 Å². The first kappa shape index (κ1) is 13.6. The van der Waals surface area contributed by atoms with Crippen LogP contribution in [0.25, 0.3) is 0 Å². The number of nitrogens with zero attached hydrogens (tertiary/aromatic N) is 1. The molecule has 0 aromatic heterocycles. The summed E-state index contributed by atoms with van der Waals surface area (Å²) < 4.78 is 29.7. The van der Waals surface area contributed by atoms with E-state index in [1.807, 2.05) is 12.1 Å². The van der Waals surface area contributed by atoms with Gasteiger partial charge in [-0.05, 0) is 30.4 Å². The van der Waals surface area contributed by atoms with Crippen LogP contribution in [0, 0.1) is 11.3 Å². The van der Waals surface area contributed by atoms with E-state index < -0.39 is 10.2 Å². The van der Waals surface area contributed by atoms with Gasteiger partial charge in [0.1, 0.15) is 17.5 Å². The Morgan fingerprint density at radius 1 is 1.47 bits per heavy atom. The molecule has 0 radical (unpaired) electrons. The molecule has 0 atom stereocenters. The molecule has 1 saturated carbocycles. The van der Waals surface area contributed by atoms with Gasteiger partial charge in [-0.2, -0.15) is 13.7 Å². The SMILES string of the molecule is COc1ccc(C2CCC2)c(C#N)c1NS(N)(=O)=O. The number of benzene rings is 1. The summed E-state index contributed by atoms with van der Waals surface area (Å²) in [6, 6.07) is 5.52. The second-order valence-corrected chi connectivity index (χ2v) is 5.79. The zero-order chi connectivity index (χ0) is 14.0. The number of nitrogens with one attached hydrogen (secondary N) is 1. The topological polar surface area (TPSA) is 105 Å². The Labute approximate surface area is 112 Å². The number of hydrogen-bond donors (Lipinski definition) is 2. The molecule has 0 bridgehead atoms. The average Bonchev–Trinajstić information content (AvgIpc) is 2.25. The van der Waals surface area contributed by atoms with E-state index in [4.69, 9.17) is 9.88 Å². The maximum atomic E-state index is 11.2. The summed E-state index contributed by atoms with van der Waals surface area (Å²) in [6.45, 7) is 0. The first-order valence-corrected chi connectivity index (χ1v) is 7.42. The van der Waals surface area contributed by atoms with Gasteiger partial charge in [-0.1, -0.05) is 12.5 Å². The van der Waals surface area contributed by atoms with Crippen molar-refractivity contribution in [2.45, 2.75) is 25.2 Å². The summed E-state index contributed by atoms with van der Waals surface area (Å²) in [4.78, 5) is 0. The minimum atomic E-state index is -3.95. The second-order valence-electron chi connectivity index (χ2n) is 4.49. The maximum absolute atomic E-state index is 11.2. The number of nitrogens with two attached hydrogens (primary N) is 1. The van der Waals surface area contributed by atoms with E-state index in [0.717, 1.165) is 24.8 Å². The zero-order valence-corrected chi connectivity index (χ0v) is 11.3. The lowest BCUT2D eigenvalue weighted by Gasteiger charge is -2.27. The predicted molar refractivity (Wildman–Crippen MR) is 71.0 cm³/mol. The number of rotatable bonds is 4. The van der Waals surface area contributed by atoms with Crippen LogP contribution in [0.3, 0.4) is 0 Å². The standard InChI is InChI=1S/C12H15N3O3S/c1-18-11-6-5-9(8-3-2-4-8)10(7-13)12(11)15-19(14,16)17/h5-6,8,15H,2-4H2,1H3,(H2,14,16,17). The molecule has 0 unspecified atom stereocenters. The molecule has 2 rings (SSSR count). The fraction of sp³-hybridized carbons (Fsp3) is 0.417. The molecule has 102 valence electrons. The Morgan fingerprint density at radius 3 is 2.58 bits per heavy atom. The first-order valence-electron chi connectivity index (χ1n) is 5.87. The highest BCUT2D eigenvalue weighted by molar-refractivity contribution is 7.90. The van der Waals surface area contributed by atoms with Gasteiger partial charge in [-0.3, -0.25) is 4.72 Å². The molecule has 1 aromatic carbocycles. The highest BCUT2D eigenvalue weighted by atomic mass is 32.2. The average molecular weight is 281 g/mol. The molecule has 3 N–H and O–H groups in total. The van der Waals surface area contributed by atoms with Crippen LogP contribution in [0.4, 0.5) is 5.69 Å². The molecular weight excluding hydrogens is 266 g/mol. The molecule has 0 aliphatic heterocycles. The second kappa shape index (κ2) is 5.07. The van der Waals surface area contributed by atoms with E-state index in [2.05, 4.69) is 4.72 Å². The van der Waals surface area contributed by atoms with Gasteiger partial charge in [0, 0.05) is 0 Å². The van der Waals surface area contributed by atoms with Crippen LogP contribution >= 0.6 is 0 Å². The summed E-state index contributed by atoms with van der Waals surface area (Å²) in [7, 11) is -2.54. The van der Waals surface area contributed by atoms with Gasteiger partial charge >= 0.3 is 0 Å². The van der Waals surface area contributed by atoms with Crippen molar-refractivity contribution >= 4 is 15.9 Å². The number of anilines is 1. The van der Waals surface area contributed by atoms with Crippen molar-refractivity contribution in [1.82, 2.24) is 0 Å². The quantitative estimate of drug-likeness (QED) is 0.871. The largest absolute Gasteiger partial charge is 0.495 e. The van der Waals surface area contributed by atoms with Crippen LogP contribution in [0.5, 0.6) is 5.75 Å². The Balaban J connectivity index is 2.56. The molecule has 1 aliphatic carbocycles. The van der Waals surface area contributed by atoms with Gasteiger partial charge < -0.3 is 4.74 Å². The number of nitriles is 1. The minimum absolute atomic E-state index is 0.122. The molecule has 0 heterocycles. The van der Waals surface area contributed by atoms with Crippen molar-refractivity contribution in [3.05, 3.63) is 23.3 Å². The van der Waals surface area contributed by atoms with Crippen LogP contribution in [-0.2, 0) is 10.2 Å². The molecule has 1 aliphatic rings. The molecule has 6 nitrogen and oxygen atoms in total. The van der Waals surface area contributed by atoms with E-state index >= 15 is 0 Å². The molecule has 7 heteroatoms. The van der Waals surface area contributed by atoms with E-state index in [1.165, 1.54) is 7.11 Å². The number of ether oxygens (including phenoxy) is 1. The first-order chi connectivity index (χ1) is 8.96. The maximum Gasteiger partial charge on any atom is 0.296 e. The van der Waals surface area contributed by atoms with E-state index in [0.29, 0.717) is 5.92 Å². The van der Waals surface area contributed by atoms with Crippen LogP contribution in [-0.4, -0.2) is 15.5 Å². The number of hydrogen-bond acceptors (Lipinski definition) is 4. The smallest absolute Gasteiger partial charge is 0.296 e. The Kier molecular flexibility index (Phi) is 3.64. The van der Waals surface area contributed by atoms with E-state index in [-0.39, 0.29) is 17.0 Å². The zero-order valence-electron chi connectivity index (χ0n) is 10.5. The van der Waals surface area contributed by atoms with Gasteiger partial charge in [0.2, 0.25) is 0 Å². The molecule has 19 heavy (non-hydrogen) atoms. The highest BCUT2D eigenvalue weighted by Gasteiger charge is 2.26. The molecule has 0 spiro atoms. The normalized spacial score (nSPS) is 15.4. The summed E-state index contributed by atoms with van der Waals surface area (Å²) >= 11 is 0. The van der Waals surface area contributed by atoms with Crippen LogP contribution in [0.2, 0.25) is 0 Å². The summed E-state index contributed by atoms with van der Waals surface area (Å²) in [5.41, 5.74) is 1.26. The van der Waals surface area contributed by atoms with Crippen molar-refractivity contribution in [2.75, 3.05) is 11.8 Å². The summed E-state index contributed by atoms with van der Waals surface area (Å²) in [6.07, 6.45) is 3.14. The lowest BCUT2D eigenvalue weighted by molar-refractivity contribution is 0.410. The third kappa shape index (κ3) is 2.80. The monoisotopic (exact) mass is 281 g/mol. The Bertz CT molecular complexity index is 630. The molecule has 0 amide bonds. The third-order valence-electron chi connectivity index (χ3n) is 3.32. The third-order valence-corrected chi connectivity index (χ3v) is 3.81. The van der Waals surface area contributed by atoms with Crippen LogP contribution in [0.1, 0.15) is 36.3 Å². The van der Waals surface area contributed by atoms with E-state index in [1.54, 1.807) is 6.07 Å². The van der Waals surface area contributed by atoms with Gasteiger partial charge in [0.05, 0.1) is 12.7 Å². The van der Waals surface area contributed by atoms with Crippen LogP contribution < -0.4 is 14.6 Å². The fourth-order valence-corrected chi connectivity index (χ4v) is 2.68. The predicted octanol–water partition coefficient (Wildman–Crippen LogP) is 1.45. The van der Waals surface area contributed by atoms with Crippen molar-refractivity contribution < 1.29 is 13.2 Å². The van der Waals surface area contributed by atoms with Gasteiger partial charge in [-0.15, -0.1) is 0 Å². The lowest BCUT2D eigenvalue weighted by Crippen LogP contribution is -2.23. The Morgan fingerprint density at radius 2 is 2.16 bits per heavy atom. The van der Waals surface area contributed by atoms with Gasteiger partial charge in [0.15, 0.2) is 0 Å². The molecular formula is C12H15N3O3S. The summed E-state index contributed by atoms with van der Waals surface area (Å²) in [5.74, 6) is 0.593. The molecule has 1 fully saturated rings. The highest BCUT2D eigenvalue weighted by Crippen LogP contribution is 2.42. The van der Waals surface area contributed by atoms with Crippen molar-refractivity contribution in [2.24, 2.45) is 5.14 Å². The molecule has 1 aromatic rings. The molecule has 0 saturated heterocycles. The summed E-state index contributed by atoms with van der Waals surface area (Å²) in [5, 5.41) is 14.3. The minimum Gasteiger partial charge on any atom is -0.495 e. The van der Waals surface area contributed by atoms with Crippen LogP contribution in [0.15, 0.2) is 12.1 Å². The van der Waals surface area contributed by atoms with E-state index in [9.17, 15) is 13.7 Å². The number of methoxy groups -OCH3 is 1. The van der Waals surface area contributed by atoms with Gasteiger partial charge in [-0.25, -0.2) is 5.14 Å². The van der Waals surface area contributed by atoms with Crippen molar-refractivity contribution in [1.29, 1.82) is 5.26 Å². The lowest BCUT2D eigenvalue weighted by atomic mass is 9.78. The van der Waals surface area contributed by atoms with Gasteiger partial charge in [0.25, 0.3) is 10.2 Å². The van der Waals surface area contributed by atoms with Crippen molar-refractivity contribution in [3.8, 4) is 11.8 Å². The Hall–Kier alpha value is -1.78.